The van der Waals surface area contributed by atoms with Crippen LogP contribution in [0.15, 0.2) is 12.1 Å². The topological polar surface area (TPSA) is 73.3 Å². The van der Waals surface area contributed by atoms with Gasteiger partial charge in [-0.3, -0.25) is 9.69 Å². The summed E-state index contributed by atoms with van der Waals surface area (Å²) in [5.74, 6) is 0.312. The lowest BCUT2D eigenvalue weighted by molar-refractivity contribution is -0.128. The van der Waals surface area contributed by atoms with Crippen LogP contribution in [0.2, 0.25) is 0 Å². The molecule has 2 unspecified atom stereocenters. The average Bonchev–Trinajstić information content (AvgIpc) is 3.56. The molecular formula is C20H22FN3O4. The van der Waals surface area contributed by atoms with Crippen LogP contribution in [0, 0.1) is 11.7 Å². The number of halogens is 1. The molecule has 2 aliphatic carbocycles. The van der Waals surface area contributed by atoms with Crippen LogP contribution in [0.4, 0.5) is 20.6 Å². The van der Waals surface area contributed by atoms with Crippen molar-refractivity contribution in [3.8, 4) is 5.75 Å². The third-order valence-corrected chi connectivity index (χ3v) is 6.65. The van der Waals surface area contributed by atoms with Gasteiger partial charge >= 0.3 is 6.03 Å². The first-order valence-corrected chi connectivity index (χ1v) is 10.1. The lowest BCUT2D eigenvalue weighted by Gasteiger charge is -2.35. The molecule has 2 saturated heterocycles. The third-order valence-electron chi connectivity index (χ3n) is 6.65. The molecule has 0 aromatic heterocycles. The number of carbonyl (C=O) groups is 2. The second-order valence-electron chi connectivity index (χ2n) is 8.82. The predicted octanol–water partition coefficient (Wildman–Crippen LogP) is 1.87. The lowest BCUT2D eigenvalue weighted by atomic mass is 10.1. The average molecular weight is 387 g/mol. The van der Waals surface area contributed by atoms with Crippen molar-refractivity contribution >= 4 is 23.3 Å². The number of fused-ring (bicyclic) bond motifs is 2. The highest BCUT2D eigenvalue weighted by Gasteiger charge is 2.58. The van der Waals surface area contributed by atoms with E-state index in [4.69, 9.17) is 4.74 Å². The fourth-order valence-corrected chi connectivity index (χ4v) is 4.76. The quantitative estimate of drug-likeness (QED) is 0.859. The predicted molar refractivity (Wildman–Crippen MR) is 97.9 cm³/mol. The van der Waals surface area contributed by atoms with Gasteiger partial charge in [0.1, 0.15) is 5.75 Å². The van der Waals surface area contributed by atoms with E-state index in [-0.39, 0.29) is 30.2 Å². The third kappa shape index (κ3) is 2.30. The maximum atomic E-state index is 15.0. The van der Waals surface area contributed by atoms with Gasteiger partial charge < -0.3 is 19.6 Å². The first-order chi connectivity index (χ1) is 13.4. The van der Waals surface area contributed by atoms with Crippen LogP contribution in [0.3, 0.4) is 0 Å². The van der Waals surface area contributed by atoms with Crippen molar-refractivity contribution in [3.63, 3.8) is 0 Å². The number of amides is 3. The van der Waals surface area contributed by atoms with E-state index >= 15 is 0 Å². The van der Waals surface area contributed by atoms with Crippen LogP contribution < -0.4 is 14.5 Å². The molecule has 3 heterocycles. The first kappa shape index (κ1) is 16.6. The van der Waals surface area contributed by atoms with Gasteiger partial charge in [-0.05, 0) is 31.2 Å². The molecular weight excluding hydrogens is 365 g/mol. The van der Waals surface area contributed by atoms with E-state index in [2.05, 4.69) is 0 Å². The van der Waals surface area contributed by atoms with Gasteiger partial charge in [0.2, 0.25) is 0 Å². The molecule has 0 radical (unpaired) electrons. The van der Waals surface area contributed by atoms with Gasteiger partial charge in [-0.15, -0.1) is 0 Å². The summed E-state index contributed by atoms with van der Waals surface area (Å²) in [6.07, 6.45) is 3.53. The van der Waals surface area contributed by atoms with E-state index in [1.807, 2.05) is 0 Å². The SMILES string of the molecule is O=C1N(c2cc3c(cc2F)OC2(CC2)C(=O)N3CC2CC2)CC2CC(O)CN12. The molecule has 5 aliphatic rings. The standard InChI is InChI=1S/C20H22FN3O4/c21-14-6-17-16(23(8-11-1-2-11)18(26)20(28-17)3-4-20)7-15(14)24-9-12-5-13(25)10-22(12)19(24)27/h6-7,11-13,25H,1-5,8-10H2. The van der Waals surface area contributed by atoms with E-state index < -0.39 is 17.5 Å². The summed E-state index contributed by atoms with van der Waals surface area (Å²) in [6.45, 7) is 1.24. The Kier molecular flexibility index (Phi) is 3.18. The Labute approximate surface area is 161 Å². The van der Waals surface area contributed by atoms with Crippen LogP contribution in [-0.4, -0.2) is 59.3 Å². The van der Waals surface area contributed by atoms with Crippen molar-refractivity contribution in [3.05, 3.63) is 17.9 Å². The van der Waals surface area contributed by atoms with Crippen molar-refractivity contribution in [2.75, 3.05) is 29.4 Å². The van der Waals surface area contributed by atoms with Crippen molar-refractivity contribution < 1.29 is 23.8 Å². The molecule has 1 N–H and O–H groups in total. The highest BCUT2D eigenvalue weighted by molar-refractivity contribution is 6.06. The second-order valence-corrected chi connectivity index (χ2v) is 8.82. The fourth-order valence-electron chi connectivity index (χ4n) is 4.76. The molecule has 4 fully saturated rings. The normalized spacial score (nSPS) is 30.0. The Balaban J connectivity index is 1.38. The molecule has 28 heavy (non-hydrogen) atoms. The summed E-state index contributed by atoms with van der Waals surface area (Å²) < 4.78 is 20.9. The zero-order chi connectivity index (χ0) is 19.2. The molecule has 3 amide bonds. The van der Waals surface area contributed by atoms with Gasteiger partial charge in [-0.1, -0.05) is 0 Å². The molecule has 2 atom stereocenters. The van der Waals surface area contributed by atoms with Crippen LogP contribution in [0.25, 0.3) is 0 Å². The highest BCUT2D eigenvalue weighted by Crippen LogP contribution is 2.51. The molecule has 1 spiro atoms. The number of carbonyl (C=O) groups excluding carboxylic acids is 2. The van der Waals surface area contributed by atoms with E-state index in [0.29, 0.717) is 49.7 Å². The maximum Gasteiger partial charge on any atom is 0.325 e. The van der Waals surface area contributed by atoms with E-state index in [1.54, 1.807) is 15.9 Å². The van der Waals surface area contributed by atoms with Crippen LogP contribution in [-0.2, 0) is 4.79 Å². The van der Waals surface area contributed by atoms with Gasteiger partial charge in [0, 0.05) is 38.5 Å². The Hall–Kier alpha value is -2.35. The maximum absolute atomic E-state index is 15.0. The number of ether oxygens (including phenoxy) is 1. The van der Waals surface area contributed by atoms with Crippen molar-refractivity contribution in [2.24, 2.45) is 5.92 Å². The zero-order valence-corrected chi connectivity index (χ0v) is 15.4. The lowest BCUT2D eigenvalue weighted by Crippen LogP contribution is -2.48. The molecule has 6 rings (SSSR count). The summed E-state index contributed by atoms with van der Waals surface area (Å²) in [5, 5.41) is 9.78. The number of anilines is 2. The molecule has 2 saturated carbocycles. The fraction of sp³-hybridized carbons (Fsp3) is 0.600. The van der Waals surface area contributed by atoms with Crippen molar-refractivity contribution in [1.82, 2.24) is 4.90 Å². The van der Waals surface area contributed by atoms with Crippen LogP contribution >= 0.6 is 0 Å². The molecule has 1 aromatic carbocycles. The molecule has 148 valence electrons. The highest BCUT2D eigenvalue weighted by atomic mass is 19.1. The number of hydrogen-bond donors (Lipinski definition) is 1. The number of aliphatic hydroxyl groups is 1. The Morgan fingerprint density at radius 2 is 1.96 bits per heavy atom. The second kappa shape index (κ2) is 5.37. The minimum Gasteiger partial charge on any atom is -0.475 e. The monoisotopic (exact) mass is 387 g/mol. The molecule has 8 heteroatoms. The van der Waals surface area contributed by atoms with E-state index in [0.717, 1.165) is 12.8 Å². The minimum atomic E-state index is -0.807. The number of benzene rings is 1. The van der Waals surface area contributed by atoms with Gasteiger partial charge in [0.05, 0.1) is 23.5 Å². The Morgan fingerprint density at radius 1 is 1.18 bits per heavy atom. The smallest absolute Gasteiger partial charge is 0.325 e. The molecule has 7 nitrogen and oxygen atoms in total. The molecule has 0 bridgehead atoms. The Morgan fingerprint density at radius 3 is 2.64 bits per heavy atom. The number of rotatable bonds is 3. The summed E-state index contributed by atoms with van der Waals surface area (Å²) in [7, 11) is 0. The van der Waals surface area contributed by atoms with E-state index in [9.17, 15) is 19.1 Å². The largest absolute Gasteiger partial charge is 0.475 e. The van der Waals surface area contributed by atoms with E-state index in [1.165, 1.54) is 11.0 Å². The van der Waals surface area contributed by atoms with Crippen molar-refractivity contribution in [1.29, 1.82) is 0 Å². The number of hydrogen-bond acceptors (Lipinski definition) is 4. The van der Waals surface area contributed by atoms with Gasteiger partial charge in [0.25, 0.3) is 5.91 Å². The number of aliphatic hydroxyl groups excluding tert-OH is 1. The minimum absolute atomic E-state index is 0.0408. The van der Waals surface area contributed by atoms with Gasteiger partial charge in [-0.25, -0.2) is 9.18 Å². The zero-order valence-electron chi connectivity index (χ0n) is 15.4. The summed E-state index contributed by atoms with van der Waals surface area (Å²) in [5.41, 5.74) is -0.0691. The van der Waals surface area contributed by atoms with Crippen LogP contribution in [0.5, 0.6) is 5.75 Å². The summed E-state index contributed by atoms with van der Waals surface area (Å²) >= 11 is 0. The molecule has 1 aromatic rings. The first-order valence-electron chi connectivity index (χ1n) is 10.1. The summed E-state index contributed by atoms with van der Waals surface area (Å²) in [6, 6.07) is 2.52. The van der Waals surface area contributed by atoms with Gasteiger partial charge in [0.15, 0.2) is 11.4 Å². The summed E-state index contributed by atoms with van der Waals surface area (Å²) in [4.78, 5) is 30.5. The Bertz CT molecular complexity index is 898. The number of nitrogens with zero attached hydrogens (tertiary/aromatic N) is 3. The number of urea groups is 1. The van der Waals surface area contributed by atoms with Crippen molar-refractivity contribution in [2.45, 2.75) is 49.9 Å². The van der Waals surface area contributed by atoms with Crippen LogP contribution in [0.1, 0.15) is 32.1 Å². The van der Waals surface area contributed by atoms with Gasteiger partial charge in [-0.2, -0.15) is 0 Å². The molecule has 3 aliphatic heterocycles.